The predicted octanol–water partition coefficient (Wildman–Crippen LogP) is 1.85. The first-order valence-corrected chi connectivity index (χ1v) is 6.69. The first-order valence-electron chi connectivity index (χ1n) is 6.69. The molecule has 0 saturated carbocycles. The quantitative estimate of drug-likeness (QED) is 0.823. The van der Waals surface area contributed by atoms with Gasteiger partial charge in [0.2, 0.25) is 0 Å². The molecule has 2 aromatic heterocycles. The van der Waals surface area contributed by atoms with Crippen LogP contribution in [0.5, 0.6) is 0 Å². The van der Waals surface area contributed by atoms with Crippen LogP contribution in [0.15, 0.2) is 18.3 Å². The average Bonchev–Trinajstić information content (AvgIpc) is 2.82. The first-order chi connectivity index (χ1) is 8.99. The molecule has 0 unspecified atom stereocenters. The number of hydrogen-bond donors (Lipinski definition) is 0. The molecule has 104 valence electrons. The molecule has 0 aliphatic rings. The Bertz CT molecular complexity index is 544. The first kappa shape index (κ1) is 13.8. The van der Waals surface area contributed by atoms with Gasteiger partial charge in [0.1, 0.15) is 5.82 Å². The SMILES string of the molecule is CC(C)c1cc(N(C)CCN(C)C)n2nccc2n1. The van der Waals surface area contributed by atoms with Gasteiger partial charge in [-0.25, -0.2) is 4.98 Å². The number of nitrogens with zero attached hydrogens (tertiary/aromatic N) is 5. The molecular formula is C14H23N5. The van der Waals surface area contributed by atoms with E-state index in [4.69, 9.17) is 0 Å². The molecule has 0 N–H and O–H groups in total. The Hall–Kier alpha value is -1.62. The summed E-state index contributed by atoms with van der Waals surface area (Å²) < 4.78 is 1.90. The highest BCUT2D eigenvalue weighted by Gasteiger charge is 2.12. The van der Waals surface area contributed by atoms with Crippen LogP contribution < -0.4 is 4.90 Å². The molecule has 2 rings (SSSR count). The predicted molar refractivity (Wildman–Crippen MR) is 78.9 cm³/mol. The minimum atomic E-state index is 0.417. The number of hydrogen-bond acceptors (Lipinski definition) is 4. The summed E-state index contributed by atoms with van der Waals surface area (Å²) in [6.07, 6.45) is 1.80. The molecule has 0 fully saturated rings. The molecule has 2 aromatic rings. The fourth-order valence-electron chi connectivity index (χ4n) is 1.95. The van der Waals surface area contributed by atoms with Gasteiger partial charge < -0.3 is 9.80 Å². The van der Waals surface area contributed by atoms with Gasteiger partial charge in [-0.1, -0.05) is 13.8 Å². The molecule has 0 saturated heterocycles. The van der Waals surface area contributed by atoms with E-state index in [0.29, 0.717) is 5.92 Å². The summed E-state index contributed by atoms with van der Waals surface area (Å²) in [4.78, 5) is 9.05. The molecule has 0 bridgehead atoms. The highest BCUT2D eigenvalue weighted by atomic mass is 15.3. The van der Waals surface area contributed by atoms with Crippen molar-refractivity contribution in [3.8, 4) is 0 Å². The van der Waals surface area contributed by atoms with Crippen LogP contribution in [-0.2, 0) is 0 Å². The van der Waals surface area contributed by atoms with Crippen LogP contribution >= 0.6 is 0 Å². The highest BCUT2D eigenvalue weighted by molar-refractivity contribution is 5.50. The van der Waals surface area contributed by atoms with Crippen molar-refractivity contribution in [1.82, 2.24) is 19.5 Å². The smallest absolute Gasteiger partial charge is 0.157 e. The van der Waals surface area contributed by atoms with Gasteiger partial charge in [-0.15, -0.1) is 0 Å². The van der Waals surface area contributed by atoms with Gasteiger partial charge in [-0.05, 0) is 20.0 Å². The van der Waals surface area contributed by atoms with Crippen molar-refractivity contribution >= 4 is 11.5 Å². The van der Waals surface area contributed by atoms with E-state index in [2.05, 4.69) is 60.9 Å². The van der Waals surface area contributed by atoms with Gasteiger partial charge in [0.15, 0.2) is 5.65 Å². The summed E-state index contributed by atoms with van der Waals surface area (Å²) in [6.45, 7) is 6.31. The van der Waals surface area contributed by atoms with Crippen molar-refractivity contribution in [2.75, 3.05) is 39.1 Å². The zero-order valence-corrected chi connectivity index (χ0v) is 12.5. The minimum absolute atomic E-state index is 0.417. The van der Waals surface area contributed by atoms with Crippen molar-refractivity contribution in [2.45, 2.75) is 19.8 Å². The van der Waals surface area contributed by atoms with Gasteiger partial charge in [-0.3, -0.25) is 0 Å². The lowest BCUT2D eigenvalue weighted by atomic mass is 10.1. The summed E-state index contributed by atoms with van der Waals surface area (Å²) in [5.41, 5.74) is 2.03. The molecule has 2 heterocycles. The number of rotatable bonds is 5. The van der Waals surface area contributed by atoms with E-state index in [1.54, 1.807) is 6.20 Å². The lowest BCUT2D eigenvalue weighted by molar-refractivity contribution is 0.416. The maximum atomic E-state index is 4.64. The molecule has 5 heteroatoms. The van der Waals surface area contributed by atoms with Gasteiger partial charge in [-0.2, -0.15) is 9.61 Å². The van der Waals surface area contributed by atoms with Gasteiger partial charge >= 0.3 is 0 Å². The Balaban J connectivity index is 2.36. The van der Waals surface area contributed by atoms with Crippen LogP contribution in [-0.4, -0.2) is 53.7 Å². The second kappa shape index (κ2) is 5.57. The Kier molecular flexibility index (Phi) is 4.04. The molecule has 19 heavy (non-hydrogen) atoms. The van der Waals surface area contributed by atoms with E-state index in [9.17, 15) is 0 Å². The summed E-state index contributed by atoms with van der Waals surface area (Å²) in [6, 6.07) is 4.09. The number of likely N-dealkylation sites (N-methyl/N-ethyl adjacent to an activating group) is 2. The Labute approximate surface area is 114 Å². The third kappa shape index (κ3) is 3.04. The molecule has 5 nitrogen and oxygen atoms in total. The second-order valence-corrected chi connectivity index (χ2v) is 5.52. The van der Waals surface area contributed by atoms with Crippen LogP contribution in [0.3, 0.4) is 0 Å². The summed E-state index contributed by atoms with van der Waals surface area (Å²) >= 11 is 0. The summed E-state index contributed by atoms with van der Waals surface area (Å²) in [7, 11) is 6.27. The van der Waals surface area contributed by atoms with E-state index < -0.39 is 0 Å². The maximum Gasteiger partial charge on any atom is 0.157 e. The lowest BCUT2D eigenvalue weighted by Crippen LogP contribution is -2.30. The second-order valence-electron chi connectivity index (χ2n) is 5.52. The zero-order chi connectivity index (χ0) is 14.0. The average molecular weight is 261 g/mol. The standard InChI is InChI=1S/C14H23N5/c1-11(2)12-10-14(18(5)9-8-17(3)4)19-13(16-12)6-7-15-19/h6-7,10-11H,8-9H2,1-5H3. The monoisotopic (exact) mass is 261 g/mol. The zero-order valence-electron chi connectivity index (χ0n) is 12.5. The van der Waals surface area contributed by atoms with Crippen LogP contribution in [0.25, 0.3) is 5.65 Å². The third-order valence-corrected chi connectivity index (χ3v) is 3.23. The molecule has 0 aromatic carbocycles. The molecule has 0 atom stereocenters. The molecule has 0 spiro atoms. The molecule has 0 radical (unpaired) electrons. The van der Waals surface area contributed by atoms with Crippen LogP contribution in [0, 0.1) is 0 Å². The van der Waals surface area contributed by atoms with Gasteiger partial charge in [0.05, 0.1) is 6.20 Å². The van der Waals surface area contributed by atoms with Crippen molar-refractivity contribution in [3.05, 3.63) is 24.0 Å². The topological polar surface area (TPSA) is 36.7 Å². The van der Waals surface area contributed by atoms with Gasteiger partial charge in [0, 0.05) is 38.0 Å². The number of anilines is 1. The van der Waals surface area contributed by atoms with Crippen LogP contribution in [0.4, 0.5) is 5.82 Å². The third-order valence-electron chi connectivity index (χ3n) is 3.23. The van der Waals surface area contributed by atoms with E-state index in [-0.39, 0.29) is 0 Å². The molecule has 0 amide bonds. The Morgan fingerprint density at radius 1 is 1.21 bits per heavy atom. The summed E-state index contributed by atoms with van der Waals surface area (Å²) in [5, 5.41) is 4.37. The van der Waals surface area contributed by atoms with Crippen molar-refractivity contribution < 1.29 is 0 Å². The largest absolute Gasteiger partial charge is 0.358 e. The Morgan fingerprint density at radius 3 is 2.58 bits per heavy atom. The number of aromatic nitrogens is 3. The molecule has 0 aliphatic carbocycles. The van der Waals surface area contributed by atoms with E-state index in [1.165, 1.54) is 0 Å². The van der Waals surface area contributed by atoms with E-state index in [1.807, 2.05) is 10.6 Å². The van der Waals surface area contributed by atoms with Gasteiger partial charge in [0.25, 0.3) is 0 Å². The minimum Gasteiger partial charge on any atom is -0.358 e. The number of fused-ring (bicyclic) bond motifs is 1. The fraction of sp³-hybridized carbons (Fsp3) is 0.571. The Morgan fingerprint density at radius 2 is 1.95 bits per heavy atom. The normalized spacial score (nSPS) is 11.7. The molecular weight excluding hydrogens is 238 g/mol. The van der Waals surface area contributed by atoms with E-state index in [0.717, 1.165) is 30.2 Å². The summed E-state index contributed by atoms with van der Waals surface area (Å²) in [5.74, 6) is 1.52. The van der Waals surface area contributed by atoms with Crippen molar-refractivity contribution in [1.29, 1.82) is 0 Å². The molecule has 0 aliphatic heterocycles. The van der Waals surface area contributed by atoms with E-state index >= 15 is 0 Å². The highest BCUT2D eigenvalue weighted by Crippen LogP contribution is 2.20. The van der Waals surface area contributed by atoms with Crippen LogP contribution in [0.1, 0.15) is 25.5 Å². The maximum absolute atomic E-state index is 4.64. The van der Waals surface area contributed by atoms with Crippen molar-refractivity contribution in [3.63, 3.8) is 0 Å². The van der Waals surface area contributed by atoms with Crippen molar-refractivity contribution in [2.24, 2.45) is 0 Å². The van der Waals surface area contributed by atoms with Crippen LogP contribution in [0.2, 0.25) is 0 Å². The fourth-order valence-corrected chi connectivity index (χ4v) is 1.95. The lowest BCUT2D eigenvalue weighted by Gasteiger charge is -2.23.